The van der Waals surface area contributed by atoms with Crippen molar-refractivity contribution in [3.63, 3.8) is 0 Å². The quantitative estimate of drug-likeness (QED) is 0.263. The summed E-state index contributed by atoms with van der Waals surface area (Å²) in [6.07, 6.45) is 0. The molecule has 0 saturated heterocycles. The van der Waals surface area contributed by atoms with Gasteiger partial charge in [-0.05, 0) is 62.4 Å². The molecule has 0 spiro atoms. The van der Waals surface area contributed by atoms with Crippen molar-refractivity contribution in [1.82, 2.24) is 4.98 Å². The van der Waals surface area contributed by atoms with Gasteiger partial charge in [-0.1, -0.05) is 18.2 Å². The minimum atomic E-state index is -0.547. The highest BCUT2D eigenvalue weighted by Gasteiger charge is 2.20. The number of benzene rings is 3. The van der Waals surface area contributed by atoms with Crippen LogP contribution in [0.2, 0.25) is 0 Å². The smallest absolute Gasteiger partial charge is 0.296 e. The molecule has 0 saturated carbocycles. The molecule has 1 N–H and O–H groups in total. The van der Waals surface area contributed by atoms with Crippen LogP contribution in [0.4, 0.5) is 11.4 Å². The lowest BCUT2D eigenvalue weighted by molar-refractivity contribution is -0.384. The van der Waals surface area contributed by atoms with Crippen LogP contribution in [-0.2, 0) is 0 Å². The molecule has 0 atom stereocenters. The molecule has 1 amide bonds. The zero-order valence-electron chi connectivity index (χ0n) is 18.8. The fourth-order valence-electron chi connectivity index (χ4n) is 3.61. The van der Waals surface area contributed by atoms with Gasteiger partial charge in [0, 0.05) is 10.9 Å². The number of nitrogens with zero attached hydrogens (tertiary/aromatic N) is 2. The van der Waals surface area contributed by atoms with Crippen LogP contribution in [0.25, 0.3) is 22.2 Å². The van der Waals surface area contributed by atoms with Crippen LogP contribution >= 0.6 is 0 Å². The number of ether oxygens (including phenoxy) is 2. The Labute approximate surface area is 196 Å². The van der Waals surface area contributed by atoms with Crippen molar-refractivity contribution in [3.05, 3.63) is 88.5 Å². The number of para-hydroxylation sites is 1. The number of nitro groups is 1. The lowest BCUT2D eigenvalue weighted by atomic mass is 10.0. The second-order valence-corrected chi connectivity index (χ2v) is 7.35. The van der Waals surface area contributed by atoms with Gasteiger partial charge < -0.3 is 14.8 Å². The molecule has 4 rings (SSSR count). The van der Waals surface area contributed by atoms with Gasteiger partial charge in [0.05, 0.1) is 41.0 Å². The minimum Gasteiger partial charge on any atom is -0.494 e. The van der Waals surface area contributed by atoms with Gasteiger partial charge in [0.25, 0.3) is 11.6 Å². The standard InChI is InChI=1S/C26H23N3O5/c1-3-33-18-11-9-17(10-12-18)24-16-21(20-7-5-6-8-22(20)27-24)26(30)28-23-14-13-19(34-4-2)15-25(23)29(31)32/h5-16H,3-4H2,1-2H3,(H,28,30). The molecule has 0 aliphatic heterocycles. The Hall–Kier alpha value is -4.46. The van der Waals surface area contributed by atoms with Crippen LogP contribution in [-0.4, -0.2) is 29.0 Å². The molecule has 3 aromatic carbocycles. The predicted octanol–water partition coefficient (Wildman–Crippen LogP) is 5.86. The van der Waals surface area contributed by atoms with E-state index < -0.39 is 10.8 Å². The third-order valence-corrected chi connectivity index (χ3v) is 5.15. The number of hydrogen-bond acceptors (Lipinski definition) is 6. The number of carbonyl (C=O) groups is 1. The molecule has 0 fully saturated rings. The van der Waals surface area contributed by atoms with Gasteiger partial charge in [-0.15, -0.1) is 0 Å². The molecular weight excluding hydrogens is 434 g/mol. The second kappa shape index (κ2) is 9.99. The molecule has 172 valence electrons. The average molecular weight is 457 g/mol. The molecule has 34 heavy (non-hydrogen) atoms. The number of aromatic nitrogens is 1. The Kier molecular flexibility index (Phi) is 6.68. The van der Waals surface area contributed by atoms with Crippen molar-refractivity contribution < 1.29 is 19.2 Å². The van der Waals surface area contributed by atoms with Gasteiger partial charge in [0.2, 0.25) is 0 Å². The van der Waals surface area contributed by atoms with Gasteiger partial charge in [0.15, 0.2) is 0 Å². The van der Waals surface area contributed by atoms with E-state index in [4.69, 9.17) is 14.5 Å². The largest absolute Gasteiger partial charge is 0.494 e. The van der Waals surface area contributed by atoms with Crippen LogP contribution in [0.15, 0.2) is 72.8 Å². The predicted molar refractivity (Wildman–Crippen MR) is 131 cm³/mol. The molecule has 0 aliphatic rings. The molecule has 8 nitrogen and oxygen atoms in total. The highest BCUT2D eigenvalue weighted by Crippen LogP contribution is 2.31. The first-order chi connectivity index (χ1) is 16.5. The number of rotatable bonds is 8. The number of nitrogens with one attached hydrogen (secondary N) is 1. The van der Waals surface area contributed by atoms with Gasteiger partial charge in [-0.2, -0.15) is 0 Å². The second-order valence-electron chi connectivity index (χ2n) is 7.35. The topological polar surface area (TPSA) is 104 Å². The number of amides is 1. The first-order valence-electron chi connectivity index (χ1n) is 10.9. The van der Waals surface area contributed by atoms with E-state index in [2.05, 4.69) is 5.32 Å². The molecule has 0 bridgehead atoms. The van der Waals surface area contributed by atoms with Crippen LogP contribution in [0, 0.1) is 10.1 Å². The van der Waals surface area contributed by atoms with Crippen LogP contribution < -0.4 is 14.8 Å². The fourth-order valence-corrected chi connectivity index (χ4v) is 3.61. The van der Waals surface area contributed by atoms with Gasteiger partial charge in [-0.3, -0.25) is 14.9 Å². The summed E-state index contributed by atoms with van der Waals surface area (Å²) < 4.78 is 10.9. The van der Waals surface area contributed by atoms with Crippen LogP contribution in [0.5, 0.6) is 11.5 Å². The summed E-state index contributed by atoms with van der Waals surface area (Å²) in [5.74, 6) is 0.630. The summed E-state index contributed by atoms with van der Waals surface area (Å²) in [5.41, 5.74) is 2.26. The third-order valence-electron chi connectivity index (χ3n) is 5.15. The van der Waals surface area contributed by atoms with Gasteiger partial charge >= 0.3 is 0 Å². The zero-order valence-corrected chi connectivity index (χ0v) is 18.8. The number of pyridine rings is 1. The number of fused-ring (bicyclic) bond motifs is 1. The molecule has 0 radical (unpaired) electrons. The number of carbonyl (C=O) groups excluding carboxylic acids is 1. The van der Waals surface area contributed by atoms with Crippen molar-refractivity contribution in [3.8, 4) is 22.8 Å². The lowest BCUT2D eigenvalue weighted by Crippen LogP contribution is -2.14. The third kappa shape index (κ3) is 4.80. The van der Waals surface area contributed by atoms with Crippen molar-refractivity contribution in [1.29, 1.82) is 0 Å². The van der Waals surface area contributed by atoms with E-state index in [1.807, 2.05) is 49.4 Å². The van der Waals surface area contributed by atoms with E-state index in [0.717, 1.165) is 11.3 Å². The Bertz CT molecular complexity index is 1350. The Morgan fingerprint density at radius 1 is 0.941 bits per heavy atom. The summed E-state index contributed by atoms with van der Waals surface area (Å²) in [6.45, 7) is 4.65. The Balaban J connectivity index is 1.74. The van der Waals surface area contributed by atoms with Crippen molar-refractivity contribution in [2.75, 3.05) is 18.5 Å². The Morgan fingerprint density at radius 3 is 2.32 bits per heavy atom. The maximum atomic E-state index is 13.3. The van der Waals surface area contributed by atoms with Crippen LogP contribution in [0.3, 0.4) is 0 Å². The molecule has 4 aromatic rings. The van der Waals surface area contributed by atoms with Crippen molar-refractivity contribution in [2.45, 2.75) is 13.8 Å². The normalized spacial score (nSPS) is 10.6. The van der Waals surface area contributed by atoms with E-state index in [0.29, 0.717) is 41.1 Å². The number of nitro benzene ring substituents is 1. The molecule has 8 heteroatoms. The molecule has 0 aliphatic carbocycles. The van der Waals surface area contributed by atoms with Crippen LogP contribution in [0.1, 0.15) is 24.2 Å². The first kappa shape index (κ1) is 22.7. The highest BCUT2D eigenvalue weighted by molar-refractivity contribution is 6.13. The summed E-state index contributed by atoms with van der Waals surface area (Å²) in [4.78, 5) is 29.1. The van der Waals surface area contributed by atoms with Crippen molar-refractivity contribution in [2.24, 2.45) is 0 Å². The number of anilines is 1. The van der Waals surface area contributed by atoms with E-state index in [1.165, 1.54) is 12.1 Å². The fraction of sp³-hybridized carbons (Fsp3) is 0.154. The summed E-state index contributed by atoms with van der Waals surface area (Å²) in [6, 6.07) is 20.8. The van der Waals surface area contributed by atoms with Gasteiger partial charge in [0.1, 0.15) is 17.2 Å². The molecular formula is C26H23N3O5. The lowest BCUT2D eigenvalue weighted by Gasteiger charge is -2.12. The maximum Gasteiger partial charge on any atom is 0.296 e. The first-order valence-corrected chi connectivity index (χ1v) is 10.9. The summed E-state index contributed by atoms with van der Waals surface area (Å²) in [7, 11) is 0. The van der Waals surface area contributed by atoms with Gasteiger partial charge in [-0.25, -0.2) is 4.98 Å². The van der Waals surface area contributed by atoms with E-state index in [-0.39, 0.29) is 11.4 Å². The minimum absolute atomic E-state index is 0.0852. The maximum absolute atomic E-state index is 13.3. The summed E-state index contributed by atoms with van der Waals surface area (Å²) in [5, 5.41) is 14.9. The van der Waals surface area contributed by atoms with E-state index in [1.54, 1.807) is 25.1 Å². The molecule has 0 unspecified atom stereocenters. The zero-order chi connectivity index (χ0) is 24.1. The SMILES string of the molecule is CCOc1ccc(-c2cc(C(=O)Nc3ccc(OCC)cc3[N+](=O)[O-])c3ccccc3n2)cc1. The van der Waals surface area contributed by atoms with E-state index >= 15 is 0 Å². The van der Waals surface area contributed by atoms with E-state index in [9.17, 15) is 14.9 Å². The van der Waals surface area contributed by atoms with Crippen molar-refractivity contribution >= 4 is 28.2 Å². The molecule has 1 aromatic heterocycles. The average Bonchev–Trinajstić information content (AvgIpc) is 2.85. The monoisotopic (exact) mass is 457 g/mol. The Morgan fingerprint density at radius 2 is 1.62 bits per heavy atom. The highest BCUT2D eigenvalue weighted by atomic mass is 16.6. The summed E-state index contributed by atoms with van der Waals surface area (Å²) >= 11 is 0. The number of hydrogen-bond donors (Lipinski definition) is 1. The molecule has 1 heterocycles.